The number of hydrogen-bond acceptors (Lipinski definition) is 5. The standard InChI is InChI=1S/C18H22N4O4S/c1-12-11-15(13-7-4-5-8-14(13)18(23)24)20-17(19-12)16-9-6-10-22(16)27(25,26)21(2)3/h4-5,7-8,11,16H,6,9-10H2,1-3H3,(H,23,24)/t16-/m1/s1. The van der Waals surface area contributed by atoms with Gasteiger partial charge in [-0.1, -0.05) is 18.2 Å². The van der Waals surface area contributed by atoms with E-state index in [0.29, 0.717) is 35.7 Å². The number of nitrogens with zero attached hydrogens (tertiary/aromatic N) is 4. The van der Waals surface area contributed by atoms with Crippen LogP contribution in [0.5, 0.6) is 0 Å². The zero-order valence-corrected chi connectivity index (χ0v) is 16.3. The summed E-state index contributed by atoms with van der Waals surface area (Å²) in [5.41, 5.74) is 1.76. The molecule has 0 bridgehead atoms. The minimum Gasteiger partial charge on any atom is -0.478 e. The second kappa shape index (κ2) is 7.34. The van der Waals surface area contributed by atoms with Crippen molar-refractivity contribution >= 4 is 16.2 Å². The molecule has 3 rings (SSSR count). The van der Waals surface area contributed by atoms with Gasteiger partial charge < -0.3 is 5.11 Å². The minimum atomic E-state index is -3.59. The molecule has 9 heteroatoms. The van der Waals surface area contributed by atoms with Crippen LogP contribution in [0.3, 0.4) is 0 Å². The van der Waals surface area contributed by atoms with Crippen molar-refractivity contribution in [3.05, 3.63) is 47.4 Å². The van der Waals surface area contributed by atoms with Crippen LogP contribution in [0.1, 0.15) is 40.8 Å². The van der Waals surface area contributed by atoms with E-state index in [1.54, 1.807) is 31.2 Å². The maximum Gasteiger partial charge on any atom is 0.336 e. The highest BCUT2D eigenvalue weighted by atomic mass is 32.2. The van der Waals surface area contributed by atoms with E-state index in [4.69, 9.17) is 0 Å². The number of hydrogen-bond donors (Lipinski definition) is 1. The fourth-order valence-electron chi connectivity index (χ4n) is 3.26. The number of benzene rings is 1. The molecule has 1 fully saturated rings. The third kappa shape index (κ3) is 3.71. The van der Waals surface area contributed by atoms with E-state index < -0.39 is 22.2 Å². The molecule has 0 amide bonds. The molecule has 1 saturated heterocycles. The Morgan fingerprint density at radius 1 is 1.26 bits per heavy atom. The number of aryl methyl sites for hydroxylation is 1. The van der Waals surface area contributed by atoms with Gasteiger partial charge in [0.15, 0.2) is 0 Å². The summed E-state index contributed by atoms with van der Waals surface area (Å²) in [6, 6.07) is 7.87. The Bertz CT molecular complexity index is 975. The Labute approximate surface area is 158 Å². The van der Waals surface area contributed by atoms with Gasteiger partial charge in [-0.15, -0.1) is 0 Å². The van der Waals surface area contributed by atoms with Crippen molar-refractivity contribution in [3.63, 3.8) is 0 Å². The van der Waals surface area contributed by atoms with Crippen LogP contribution in [-0.4, -0.2) is 58.7 Å². The molecule has 2 heterocycles. The van der Waals surface area contributed by atoms with Gasteiger partial charge in [0, 0.05) is 31.9 Å². The molecule has 27 heavy (non-hydrogen) atoms. The third-order valence-corrected chi connectivity index (χ3v) is 6.52. The average Bonchev–Trinajstić information content (AvgIpc) is 3.11. The van der Waals surface area contributed by atoms with E-state index in [1.807, 2.05) is 0 Å². The molecule has 144 valence electrons. The number of carbonyl (C=O) groups is 1. The highest BCUT2D eigenvalue weighted by molar-refractivity contribution is 7.86. The lowest BCUT2D eigenvalue weighted by Crippen LogP contribution is -2.40. The Morgan fingerprint density at radius 2 is 1.96 bits per heavy atom. The highest BCUT2D eigenvalue weighted by Gasteiger charge is 2.38. The molecule has 1 aliphatic rings. The summed E-state index contributed by atoms with van der Waals surface area (Å²) in [6.45, 7) is 2.20. The molecule has 1 aromatic carbocycles. The SMILES string of the molecule is Cc1cc(-c2ccccc2C(=O)O)nc([C@H]2CCCN2S(=O)(=O)N(C)C)n1. The van der Waals surface area contributed by atoms with Crippen molar-refractivity contribution in [3.8, 4) is 11.3 Å². The summed E-state index contributed by atoms with van der Waals surface area (Å²) in [5, 5.41) is 9.45. The smallest absolute Gasteiger partial charge is 0.336 e. The summed E-state index contributed by atoms with van der Waals surface area (Å²) >= 11 is 0. The van der Waals surface area contributed by atoms with Gasteiger partial charge in [0.25, 0.3) is 10.2 Å². The van der Waals surface area contributed by atoms with Crippen molar-refractivity contribution in [1.29, 1.82) is 0 Å². The monoisotopic (exact) mass is 390 g/mol. The summed E-state index contributed by atoms with van der Waals surface area (Å²) < 4.78 is 27.8. The van der Waals surface area contributed by atoms with Crippen LogP contribution in [0.4, 0.5) is 0 Å². The quantitative estimate of drug-likeness (QED) is 0.838. The molecular formula is C18H22N4O4S. The van der Waals surface area contributed by atoms with Crippen LogP contribution in [-0.2, 0) is 10.2 Å². The molecule has 0 spiro atoms. The van der Waals surface area contributed by atoms with Crippen LogP contribution in [0, 0.1) is 6.92 Å². The number of carboxylic acids is 1. The lowest BCUT2D eigenvalue weighted by atomic mass is 10.0. The summed E-state index contributed by atoms with van der Waals surface area (Å²) in [4.78, 5) is 20.6. The Balaban J connectivity index is 2.08. The molecule has 1 N–H and O–H groups in total. The van der Waals surface area contributed by atoms with E-state index in [2.05, 4.69) is 9.97 Å². The summed E-state index contributed by atoms with van der Waals surface area (Å²) in [5.74, 6) is -0.644. The second-order valence-electron chi connectivity index (χ2n) is 6.66. The molecule has 8 nitrogen and oxygen atoms in total. The molecule has 1 aromatic heterocycles. The predicted molar refractivity (Wildman–Crippen MR) is 100 cm³/mol. The summed E-state index contributed by atoms with van der Waals surface area (Å²) in [6.07, 6.45) is 1.34. The van der Waals surface area contributed by atoms with Gasteiger partial charge in [0.2, 0.25) is 0 Å². The van der Waals surface area contributed by atoms with E-state index >= 15 is 0 Å². The van der Waals surface area contributed by atoms with E-state index in [9.17, 15) is 18.3 Å². The normalized spacial score (nSPS) is 18.1. The molecule has 0 saturated carbocycles. The topological polar surface area (TPSA) is 104 Å². The first-order valence-electron chi connectivity index (χ1n) is 8.59. The van der Waals surface area contributed by atoms with Gasteiger partial charge in [-0.05, 0) is 31.9 Å². The van der Waals surface area contributed by atoms with Crippen molar-refractivity contribution in [2.24, 2.45) is 0 Å². The fraction of sp³-hybridized carbons (Fsp3) is 0.389. The van der Waals surface area contributed by atoms with E-state index in [0.717, 1.165) is 6.42 Å². The second-order valence-corrected chi connectivity index (χ2v) is 8.76. The lowest BCUT2D eigenvalue weighted by Gasteiger charge is -2.26. The summed E-state index contributed by atoms with van der Waals surface area (Å²) in [7, 11) is -0.601. The van der Waals surface area contributed by atoms with Gasteiger partial charge >= 0.3 is 5.97 Å². The zero-order chi connectivity index (χ0) is 19.8. The van der Waals surface area contributed by atoms with Crippen molar-refractivity contribution in [1.82, 2.24) is 18.6 Å². The highest BCUT2D eigenvalue weighted by Crippen LogP contribution is 2.34. The van der Waals surface area contributed by atoms with Gasteiger partial charge in [-0.2, -0.15) is 17.0 Å². The maximum absolute atomic E-state index is 12.6. The first-order valence-corrected chi connectivity index (χ1v) is 9.99. The fourth-order valence-corrected chi connectivity index (χ4v) is 4.56. The minimum absolute atomic E-state index is 0.144. The van der Waals surface area contributed by atoms with Crippen LogP contribution in [0.2, 0.25) is 0 Å². The van der Waals surface area contributed by atoms with Gasteiger partial charge in [0.05, 0.1) is 17.3 Å². The molecule has 0 aliphatic carbocycles. The van der Waals surface area contributed by atoms with Gasteiger partial charge in [-0.25, -0.2) is 14.8 Å². The van der Waals surface area contributed by atoms with Crippen molar-refractivity contribution in [2.75, 3.05) is 20.6 Å². The molecule has 2 aromatic rings. The Morgan fingerprint density at radius 3 is 2.63 bits per heavy atom. The molecular weight excluding hydrogens is 368 g/mol. The number of aromatic nitrogens is 2. The van der Waals surface area contributed by atoms with E-state index in [1.165, 1.54) is 28.8 Å². The molecule has 0 unspecified atom stereocenters. The van der Waals surface area contributed by atoms with Crippen LogP contribution < -0.4 is 0 Å². The van der Waals surface area contributed by atoms with Gasteiger partial charge in [0.1, 0.15) is 5.82 Å². The Hall–Kier alpha value is -2.36. The number of aromatic carboxylic acids is 1. The number of carboxylic acid groups (broad SMARTS) is 1. The predicted octanol–water partition coefficient (Wildman–Crippen LogP) is 2.09. The first-order chi connectivity index (χ1) is 12.7. The largest absolute Gasteiger partial charge is 0.478 e. The zero-order valence-electron chi connectivity index (χ0n) is 15.5. The average molecular weight is 390 g/mol. The number of rotatable bonds is 5. The molecule has 1 aliphatic heterocycles. The van der Waals surface area contributed by atoms with Crippen LogP contribution in [0.25, 0.3) is 11.3 Å². The first kappa shape index (κ1) is 19.4. The lowest BCUT2D eigenvalue weighted by molar-refractivity contribution is 0.0697. The van der Waals surface area contributed by atoms with Crippen molar-refractivity contribution < 1.29 is 18.3 Å². The van der Waals surface area contributed by atoms with Crippen molar-refractivity contribution in [2.45, 2.75) is 25.8 Å². The van der Waals surface area contributed by atoms with E-state index in [-0.39, 0.29) is 5.56 Å². The van der Waals surface area contributed by atoms with Crippen LogP contribution >= 0.6 is 0 Å². The molecule has 0 radical (unpaired) electrons. The third-order valence-electron chi connectivity index (χ3n) is 4.56. The Kier molecular flexibility index (Phi) is 5.27. The van der Waals surface area contributed by atoms with Gasteiger partial charge in [-0.3, -0.25) is 0 Å². The molecule has 1 atom stereocenters. The maximum atomic E-state index is 12.6. The van der Waals surface area contributed by atoms with Crippen LogP contribution in [0.15, 0.2) is 30.3 Å².